The first kappa shape index (κ1) is 13.7. The van der Waals surface area contributed by atoms with Crippen molar-refractivity contribution in [3.8, 4) is 0 Å². The molecule has 0 spiro atoms. The van der Waals surface area contributed by atoms with Crippen LogP contribution in [0.1, 0.15) is 26.2 Å². The molecule has 2 heterocycles. The molecule has 0 radical (unpaired) electrons. The average molecular weight is 268 g/mol. The fourth-order valence-electron chi connectivity index (χ4n) is 2.12. The van der Waals surface area contributed by atoms with Gasteiger partial charge in [0.05, 0.1) is 12.6 Å². The van der Waals surface area contributed by atoms with E-state index in [1.54, 1.807) is 0 Å². The summed E-state index contributed by atoms with van der Waals surface area (Å²) in [5, 5.41) is 3.07. The summed E-state index contributed by atoms with van der Waals surface area (Å²) in [6, 6.07) is 0.0699. The Morgan fingerprint density at radius 3 is 2.95 bits per heavy atom. The lowest BCUT2D eigenvalue weighted by Crippen LogP contribution is -2.36. The number of nitrogen functional groups attached to an aromatic ring is 1. The zero-order chi connectivity index (χ0) is 13.8. The summed E-state index contributed by atoms with van der Waals surface area (Å²) in [7, 11) is 0. The summed E-state index contributed by atoms with van der Waals surface area (Å²) in [5.41, 5.74) is 5.29. The molecule has 0 aliphatic carbocycles. The van der Waals surface area contributed by atoms with E-state index in [1.165, 1.54) is 4.57 Å². The van der Waals surface area contributed by atoms with E-state index in [4.69, 9.17) is 10.5 Å². The minimum Gasteiger partial charge on any atom is -0.383 e. The second kappa shape index (κ2) is 5.92. The topological polar surface area (TPSA) is 102 Å². The van der Waals surface area contributed by atoms with Crippen molar-refractivity contribution in [2.24, 2.45) is 0 Å². The van der Waals surface area contributed by atoms with E-state index in [0.29, 0.717) is 19.8 Å². The van der Waals surface area contributed by atoms with Crippen molar-refractivity contribution in [3.63, 3.8) is 0 Å². The van der Waals surface area contributed by atoms with E-state index >= 15 is 0 Å². The van der Waals surface area contributed by atoms with Crippen molar-refractivity contribution in [3.05, 3.63) is 20.8 Å². The highest BCUT2D eigenvalue weighted by Gasteiger charge is 2.19. The third-order valence-electron chi connectivity index (χ3n) is 3.25. The molecule has 0 amide bonds. The van der Waals surface area contributed by atoms with Crippen molar-refractivity contribution in [2.75, 3.05) is 24.3 Å². The van der Waals surface area contributed by atoms with Crippen LogP contribution < -0.4 is 22.3 Å². The number of H-pyrrole nitrogens is 1. The van der Waals surface area contributed by atoms with Crippen LogP contribution >= 0.6 is 0 Å². The maximum Gasteiger partial charge on any atom is 0.330 e. The Morgan fingerprint density at radius 2 is 2.32 bits per heavy atom. The van der Waals surface area contributed by atoms with Gasteiger partial charge in [0.15, 0.2) is 0 Å². The molecule has 0 bridgehead atoms. The van der Waals surface area contributed by atoms with Gasteiger partial charge < -0.3 is 15.8 Å². The van der Waals surface area contributed by atoms with Gasteiger partial charge in [-0.3, -0.25) is 14.3 Å². The maximum absolute atomic E-state index is 11.8. The summed E-state index contributed by atoms with van der Waals surface area (Å²) >= 11 is 0. The minimum absolute atomic E-state index is 0.0699. The molecule has 0 aromatic carbocycles. The summed E-state index contributed by atoms with van der Waals surface area (Å²) < 4.78 is 6.65. The van der Waals surface area contributed by atoms with Crippen molar-refractivity contribution in [1.82, 2.24) is 9.55 Å². The molecule has 1 unspecified atom stereocenters. The molecule has 1 aromatic rings. The maximum atomic E-state index is 11.8. The first-order valence-corrected chi connectivity index (χ1v) is 6.60. The standard InChI is InChI=1S/C12H20N4O3/c1-2-3-5-16-10(13)9(11(17)15-12(16)18)14-8-4-6-19-7-8/h8,14H,2-7,13H2,1H3,(H,15,17,18). The predicted molar refractivity (Wildman–Crippen MR) is 73.5 cm³/mol. The zero-order valence-electron chi connectivity index (χ0n) is 11.1. The number of hydrogen-bond acceptors (Lipinski definition) is 5. The van der Waals surface area contributed by atoms with E-state index in [2.05, 4.69) is 10.3 Å². The van der Waals surface area contributed by atoms with Gasteiger partial charge in [-0.2, -0.15) is 0 Å². The highest BCUT2D eigenvalue weighted by atomic mass is 16.5. The molecule has 7 heteroatoms. The number of aromatic amines is 1. The lowest BCUT2D eigenvalue weighted by atomic mass is 10.2. The molecular weight excluding hydrogens is 248 g/mol. The molecule has 1 atom stereocenters. The van der Waals surface area contributed by atoms with Gasteiger partial charge >= 0.3 is 5.69 Å². The summed E-state index contributed by atoms with van der Waals surface area (Å²) in [6.07, 6.45) is 2.61. The number of anilines is 2. The number of nitrogens with zero attached hydrogens (tertiary/aromatic N) is 1. The van der Waals surface area contributed by atoms with Crippen LogP contribution in [0.5, 0.6) is 0 Å². The number of unbranched alkanes of at least 4 members (excludes halogenated alkanes) is 1. The molecule has 1 saturated heterocycles. The van der Waals surface area contributed by atoms with Crippen LogP contribution in [0.4, 0.5) is 11.5 Å². The second-order valence-corrected chi connectivity index (χ2v) is 4.73. The van der Waals surface area contributed by atoms with Crippen LogP contribution in [-0.4, -0.2) is 28.8 Å². The first-order valence-electron chi connectivity index (χ1n) is 6.60. The quantitative estimate of drug-likeness (QED) is 0.704. The smallest absolute Gasteiger partial charge is 0.330 e. The van der Waals surface area contributed by atoms with Gasteiger partial charge in [0.25, 0.3) is 5.56 Å². The average Bonchev–Trinajstić information content (AvgIpc) is 2.87. The lowest BCUT2D eigenvalue weighted by Gasteiger charge is -2.16. The molecule has 19 heavy (non-hydrogen) atoms. The number of rotatable bonds is 5. The molecular formula is C12H20N4O3. The van der Waals surface area contributed by atoms with Gasteiger partial charge in [0.1, 0.15) is 11.5 Å². The molecule has 1 aliphatic heterocycles. The summed E-state index contributed by atoms with van der Waals surface area (Å²) in [6.45, 7) is 3.76. The van der Waals surface area contributed by atoms with Gasteiger partial charge in [-0.1, -0.05) is 13.3 Å². The van der Waals surface area contributed by atoms with Crippen LogP contribution in [0.15, 0.2) is 9.59 Å². The molecule has 1 fully saturated rings. The first-order chi connectivity index (χ1) is 9.13. The SMILES string of the molecule is CCCCn1c(N)c(NC2CCOC2)c(=O)[nH]c1=O. The highest BCUT2D eigenvalue weighted by Crippen LogP contribution is 2.15. The predicted octanol–water partition coefficient (Wildman–Crippen LogP) is 0.120. The monoisotopic (exact) mass is 268 g/mol. The van der Waals surface area contributed by atoms with Crippen LogP contribution in [0.2, 0.25) is 0 Å². The molecule has 7 nitrogen and oxygen atoms in total. The van der Waals surface area contributed by atoms with Crippen molar-refractivity contribution in [2.45, 2.75) is 38.8 Å². The van der Waals surface area contributed by atoms with Gasteiger partial charge in [-0.25, -0.2) is 4.79 Å². The Hall–Kier alpha value is -1.76. The Morgan fingerprint density at radius 1 is 1.53 bits per heavy atom. The van der Waals surface area contributed by atoms with E-state index < -0.39 is 11.2 Å². The summed E-state index contributed by atoms with van der Waals surface area (Å²) in [5.74, 6) is 0.203. The number of ether oxygens (including phenoxy) is 1. The third kappa shape index (κ3) is 2.98. The zero-order valence-corrected chi connectivity index (χ0v) is 11.1. The van der Waals surface area contributed by atoms with Crippen LogP contribution in [0, 0.1) is 0 Å². The van der Waals surface area contributed by atoms with Gasteiger partial charge in [0, 0.05) is 13.2 Å². The van der Waals surface area contributed by atoms with E-state index in [9.17, 15) is 9.59 Å². The molecule has 0 saturated carbocycles. The number of nitrogens with two attached hydrogens (primary N) is 1. The fourth-order valence-corrected chi connectivity index (χ4v) is 2.12. The number of nitrogens with one attached hydrogen (secondary N) is 2. The Balaban J connectivity index is 2.30. The number of aromatic nitrogens is 2. The van der Waals surface area contributed by atoms with Crippen molar-refractivity contribution >= 4 is 11.5 Å². The largest absolute Gasteiger partial charge is 0.383 e. The Labute approximate surface area is 110 Å². The van der Waals surface area contributed by atoms with Crippen molar-refractivity contribution in [1.29, 1.82) is 0 Å². The van der Waals surface area contributed by atoms with Crippen LogP contribution in [0.25, 0.3) is 0 Å². The van der Waals surface area contributed by atoms with Gasteiger partial charge in [-0.05, 0) is 12.8 Å². The molecule has 4 N–H and O–H groups in total. The van der Waals surface area contributed by atoms with Gasteiger partial charge in [0.2, 0.25) is 0 Å². The van der Waals surface area contributed by atoms with E-state index in [-0.39, 0.29) is 17.5 Å². The molecule has 1 aliphatic rings. The van der Waals surface area contributed by atoms with Crippen molar-refractivity contribution < 1.29 is 4.74 Å². The molecule has 2 rings (SSSR count). The Kier molecular flexibility index (Phi) is 4.26. The highest BCUT2D eigenvalue weighted by molar-refractivity contribution is 5.61. The summed E-state index contributed by atoms with van der Waals surface area (Å²) in [4.78, 5) is 25.9. The van der Waals surface area contributed by atoms with Gasteiger partial charge in [-0.15, -0.1) is 0 Å². The van der Waals surface area contributed by atoms with Crippen LogP contribution in [-0.2, 0) is 11.3 Å². The second-order valence-electron chi connectivity index (χ2n) is 4.73. The normalized spacial score (nSPS) is 18.7. The molecule has 106 valence electrons. The third-order valence-corrected chi connectivity index (χ3v) is 3.25. The van der Waals surface area contributed by atoms with Crippen LogP contribution in [0.3, 0.4) is 0 Å². The lowest BCUT2D eigenvalue weighted by molar-refractivity contribution is 0.195. The molecule has 1 aromatic heterocycles. The van der Waals surface area contributed by atoms with E-state index in [1.807, 2.05) is 6.92 Å². The Bertz CT molecular complexity index is 543. The van der Waals surface area contributed by atoms with E-state index in [0.717, 1.165) is 19.3 Å². The number of hydrogen-bond donors (Lipinski definition) is 3. The fraction of sp³-hybridized carbons (Fsp3) is 0.667. The minimum atomic E-state index is -0.470.